The van der Waals surface area contributed by atoms with Crippen LogP contribution in [0.4, 0.5) is 0 Å². The maximum absolute atomic E-state index is 13.2. The van der Waals surface area contributed by atoms with E-state index in [-0.39, 0.29) is 39.5 Å². The van der Waals surface area contributed by atoms with Crippen LogP contribution in [0.3, 0.4) is 0 Å². The Morgan fingerprint density at radius 3 is 2.34 bits per heavy atom. The highest BCUT2D eigenvalue weighted by Gasteiger charge is 2.71. The van der Waals surface area contributed by atoms with E-state index < -0.39 is 29.5 Å². The zero-order valence-corrected chi connectivity index (χ0v) is 24.8. The van der Waals surface area contributed by atoms with Gasteiger partial charge in [-0.05, 0) is 78.4 Å². The summed E-state index contributed by atoms with van der Waals surface area (Å²) in [6.07, 6.45) is 6.31. The van der Waals surface area contributed by atoms with E-state index >= 15 is 0 Å². The fraction of sp³-hybridized carbons (Fsp3) is 0.875. The van der Waals surface area contributed by atoms with E-state index in [1.54, 1.807) is 0 Å². The number of aliphatic hydroxyl groups excluding tert-OH is 1. The lowest BCUT2D eigenvalue weighted by Crippen LogP contribution is -2.70. The molecule has 6 heteroatoms. The van der Waals surface area contributed by atoms with E-state index in [0.717, 1.165) is 32.1 Å². The third-order valence-corrected chi connectivity index (χ3v) is 13.4. The van der Waals surface area contributed by atoms with Gasteiger partial charge in [-0.3, -0.25) is 9.59 Å². The van der Waals surface area contributed by atoms with Crippen molar-refractivity contribution in [3.05, 3.63) is 11.6 Å². The molecule has 5 rings (SSSR count). The Bertz CT molecular complexity index is 1030. The van der Waals surface area contributed by atoms with Crippen molar-refractivity contribution in [2.24, 2.45) is 56.7 Å². The van der Waals surface area contributed by atoms with E-state index in [1.807, 2.05) is 0 Å². The van der Waals surface area contributed by atoms with Gasteiger partial charge in [0.05, 0.1) is 25.2 Å². The molecule has 0 amide bonds. The summed E-state index contributed by atoms with van der Waals surface area (Å²) < 4.78 is 12.0. The Hall–Kier alpha value is -1.40. The average Bonchev–Trinajstić information content (AvgIpc) is 2.82. The summed E-state index contributed by atoms with van der Waals surface area (Å²) in [4.78, 5) is 25.2. The summed E-state index contributed by atoms with van der Waals surface area (Å²) in [5, 5.41) is 22.2. The Labute approximate surface area is 228 Å². The number of aliphatic hydroxyl groups is 1. The van der Waals surface area contributed by atoms with E-state index in [4.69, 9.17) is 9.47 Å². The van der Waals surface area contributed by atoms with E-state index in [9.17, 15) is 19.8 Å². The minimum absolute atomic E-state index is 0.156. The van der Waals surface area contributed by atoms with E-state index in [1.165, 1.54) is 12.5 Å². The van der Waals surface area contributed by atoms with Crippen LogP contribution in [0.5, 0.6) is 0 Å². The highest BCUT2D eigenvalue weighted by Crippen LogP contribution is 2.74. The van der Waals surface area contributed by atoms with Gasteiger partial charge in [-0.2, -0.15) is 0 Å². The predicted octanol–water partition coefficient (Wildman–Crippen LogP) is 5.87. The third-order valence-electron chi connectivity index (χ3n) is 13.4. The number of esters is 1. The van der Waals surface area contributed by atoms with Crippen LogP contribution in [-0.2, 0) is 19.1 Å². The minimum Gasteiger partial charge on any atom is -0.481 e. The molecule has 6 nitrogen and oxygen atoms in total. The quantitative estimate of drug-likeness (QED) is 0.349. The van der Waals surface area contributed by atoms with Crippen LogP contribution < -0.4 is 0 Å². The van der Waals surface area contributed by atoms with Crippen LogP contribution in [0, 0.1) is 56.7 Å². The summed E-state index contributed by atoms with van der Waals surface area (Å²) in [6, 6.07) is 0. The number of fused-ring (bicyclic) bond motifs is 3. The van der Waals surface area contributed by atoms with Crippen LogP contribution in [0.25, 0.3) is 0 Å². The van der Waals surface area contributed by atoms with Gasteiger partial charge in [0.25, 0.3) is 0 Å². The first-order chi connectivity index (χ1) is 17.6. The standard InChI is InChI=1S/C32H50O6/c1-18(2)19(3)28(5)13-14-30(7)21-9-10-24-29(6)16-37-17-32(24,15-23(26(29)34)38-20(4)33)22(21)11-12-31(30,8)25(28)27(35)36/h11,18-19,21,23-26,34H,9-10,12-17H2,1-8H3,(H,35,36)/t19-,21+,23-,24+,25-,26+,28-,29-,30?,31+,32+/m1/s1. The zero-order valence-electron chi connectivity index (χ0n) is 24.8. The molecular weight excluding hydrogens is 480 g/mol. The first-order valence-electron chi connectivity index (χ1n) is 14.9. The van der Waals surface area contributed by atoms with Crippen molar-refractivity contribution in [1.29, 1.82) is 0 Å². The fourth-order valence-corrected chi connectivity index (χ4v) is 10.9. The number of carbonyl (C=O) groups is 2. The zero-order chi connectivity index (χ0) is 28.1. The second-order valence-electron chi connectivity index (χ2n) is 15.1. The Balaban J connectivity index is 1.62. The van der Waals surface area contributed by atoms with Crippen LogP contribution >= 0.6 is 0 Å². The molecule has 38 heavy (non-hydrogen) atoms. The van der Waals surface area contributed by atoms with Crippen molar-refractivity contribution in [3.63, 3.8) is 0 Å². The summed E-state index contributed by atoms with van der Waals surface area (Å²) in [7, 11) is 0. The van der Waals surface area contributed by atoms with Crippen LogP contribution in [-0.4, -0.2) is 47.6 Å². The second kappa shape index (κ2) is 8.80. The topological polar surface area (TPSA) is 93.1 Å². The number of hydrogen-bond donors (Lipinski definition) is 2. The van der Waals surface area contributed by atoms with Gasteiger partial charge in [0.2, 0.25) is 0 Å². The van der Waals surface area contributed by atoms with Gasteiger partial charge < -0.3 is 19.7 Å². The first kappa shape index (κ1) is 28.1. The second-order valence-corrected chi connectivity index (χ2v) is 15.1. The maximum Gasteiger partial charge on any atom is 0.307 e. The molecule has 4 fully saturated rings. The van der Waals surface area contributed by atoms with Gasteiger partial charge in [0, 0.05) is 17.8 Å². The number of allylic oxidation sites excluding steroid dienone is 1. The van der Waals surface area contributed by atoms with Gasteiger partial charge in [-0.15, -0.1) is 0 Å². The number of carboxylic acid groups (broad SMARTS) is 1. The number of carbonyl (C=O) groups excluding carboxylic acids is 1. The molecule has 0 aromatic carbocycles. The number of rotatable bonds is 4. The highest BCUT2D eigenvalue weighted by molar-refractivity contribution is 5.73. The fourth-order valence-electron chi connectivity index (χ4n) is 10.9. The Morgan fingerprint density at radius 2 is 1.74 bits per heavy atom. The van der Waals surface area contributed by atoms with Gasteiger partial charge >= 0.3 is 11.9 Å². The maximum atomic E-state index is 13.2. The monoisotopic (exact) mass is 530 g/mol. The average molecular weight is 531 g/mol. The lowest BCUT2D eigenvalue weighted by Gasteiger charge is -2.71. The van der Waals surface area contributed by atoms with Crippen molar-refractivity contribution < 1.29 is 29.3 Å². The molecule has 1 heterocycles. The van der Waals surface area contributed by atoms with Gasteiger partial charge in [-0.1, -0.05) is 60.1 Å². The molecule has 5 aliphatic rings. The molecule has 214 valence electrons. The molecule has 1 unspecified atom stereocenters. The van der Waals surface area contributed by atoms with Crippen LogP contribution in [0.1, 0.15) is 93.9 Å². The molecule has 1 aliphatic heterocycles. The van der Waals surface area contributed by atoms with Gasteiger partial charge in [-0.25, -0.2) is 0 Å². The minimum atomic E-state index is -0.754. The number of ether oxygens (including phenoxy) is 2. The number of aliphatic carboxylic acids is 1. The smallest absolute Gasteiger partial charge is 0.307 e. The van der Waals surface area contributed by atoms with Crippen molar-refractivity contribution in [3.8, 4) is 0 Å². The molecule has 2 bridgehead atoms. The summed E-state index contributed by atoms with van der Waals surface area (Å²) in [5.41, 5.74) is -0.160. The lowest BCUT2D eigenvalue weighted by molar-refractivity contribution is -0.257. The molecule has 0 aromatic heterocycles. The lowest BCUT2D eigenvalue weighted by atomic mass is 9.34. The number of carboxylic acids is 1. The SMILES string of the molecule is CC(=O)O[C@@H]1C[C@@]23COC[C@](C)([C@@H]2CC[C@H]2C3=CC[C@@]3(C)[C@H](C(=O)O)[C@@](C)([C@H](C)C(C)C)CCC23C)[C@H]1O. The molecule has 4 aliphatic carbocycles. The van der Waals surface area contributed by atoms with Crippen molar-refractivity contribution in [2.75, 3.05) is 13.2 Å². The summed E-state index contributed by atoms with van der Waals surface area (Å²) >= 11 is 0. The predicted molar refractivity (Wildman–Crippen MR) is 145 cm³/mol. The molecule has 1 saturated heterocycles. The molecule has 2 N–H and O–H groups in total. The van der Waals surface area contributed by atoms with E-state index in [0.29, 0.717) is 31.5 Å². The summed E-state index contributed by atoms with van der Waals surface area (Å²) in [6.45, 7) is 18.2. The third kappa shape index (κ3) is 3.44. The molecule has 0 spiro atoms. The Morgan fingerprint density at radius 1 is 1.05 bits per heavy atom. The largest absolute Gasteiger partial charge is 0.481 e. The normalized spacial score (nSPS) is 50.7. The van der Waals surface area contributed by atoms with Crippen molar-refractivity contribution >= 4 is 11.9 Å². The van der Waals surface area contributed by atoms with Crippen LogP contribution in [0.2, 0.25) is 0 Å². The van der Waals surface area contributed by atoms with E-state index in [2.05, 4.69) is 54.5 Å². The van der Waals surface area contributed by atoms with Gasteiger partial charge in [0.1, 0.15) is 6.10 Å². The molecule has 11 atom stereocenters. The molecular formula is C32H50O6. The Kier molecular flexibility index (Phi) is 6.52. The van der Waals surface area contributed by atoms with Gasteiger partial charge in [0.15, 0.2) is 0 Å². The molecule has 3 saturated carbocycles. The first-order valence-corrected chi connectivity index (χ1v) is 14.9. The molecule has 0 radical (unpaired) electrons. The van der Waals surface area contributed by atoms with Crippen LogP contribution in [0.15, 0.2) is 11.6 Å². The highest BCUT2D eigenvalue weighted by atomic mass is 16.6. The summed E-state index contributed by atoms with van der Waals surface area (Å²) in [5.74, 6) is -0.186. The van der Waals surface area contributed by atoms with Crippen molar-refractivity contribution in [1.82, 2.24) is 0 Å². The number of hydrogen-bond acceptors (Lipinski definition) is 5. The molecule has 0 aromatic rings. The van der Waals surface area contributed by atoms with Crippen molar-refractivity contribution in [2.45, 2.75) is 106 Å².